The van der Waals surface area contributed by atoms with Crippen LogP contribution in [0.1, 0.15) is 30.0 Å². The second kappa shape index (κ2) is 5.49. The van der Waals surface area contributed by atoms with Gasteiger partial charge >= 0.3 is 0 Å². The Hall–Kier alpha value is -1.82. The van der Waals surface area contributed by atoms with Gasteiger partial charge in [-0.3, -0.25) is 0 Å². The lowest BCUT2D eigenvalue weighted by Crippen LogP contribution is -1.93. The minimum absolute atomic E-state index is 1.11. The lowest BCUT2D eigenvalue weighted by molar-refractivity contribution is 0.918. The zero-order valence-corrected chi connectivity index (χ0v) is 10.3. The van der Waals surface area contributed by atoms with Crippen molar-refractivity contribution < 1.29 is 0 Å². The molecule has 0 fully saturated rings. The highest BCUT2D eigenvalue weighted by molar-refractivity contribution is 5.79. The fourth-order valence-electron chi connectivity index (χ4n) is 2.10. The maximum atomic E-state index is 4.24. The predicted octanol–water partition coefficient (Wildman–Crippen LogP) is 4.70. The molecule has 2 aromatic carbocycles. The fourth-order valence-corrected chi connectivity index (χ4v) is 2.10. The molecule has 0 nitrogen and oxygen atoms in total. The van der Waals surface area contributed by atoms with E-state index in [2.05, 4.69) is 62.0 Å². The van der Waals surface area contributed by atoms with E-state index in [-0.39, 0.29) is 0 Å². The molecule has 0 amide bonds. The van der Waals surface area contributed by atoms with Crippen LogP contribution < -0.4 is 0 Å². The van der Waals surface area contributed by atoms with Gasteiger partial charge in [-0.25, -0.2) is 0 Å². The zero-order valence-electron chi connectivity index (χ0n) is 10.3. The first-order valence-electron chi connectivity index (χ1n) is 6.15. The van der Waals surface area contributed by atoms with E-state index < -0.39 is 0 Å². The lowest BCUT2D eigenvalue weighted by Gasteiger charge is -2.11. The quantitative estimate of drug-likeness (QED) is 0.703. The average molecular weight is 222 g/mol. The van der Waals surface area contributed by atoms with Gasteiger partial charge in [0, 0.05) is 0 Å². The van der Waals surface area contributed by atoms with E-state index in [1.54, 1.807) is 0 Å². The van der Waals surface area contributed by atoms with E-state index in [1.165, 1.54) is 23.1 Å². The van der Waals surface area contributed by atoms with Crippen molar-refractivity contribution in [2.75, 3.05) is 0 Å². The van der Waals surface area contributed by atoms with Crippen molar-refractivity contribution in [3.63, 3.8) is 0 Å². The molecule has 0 spiro atoms. The topological polar surface area (TPSA) is 0 Å². The first kappa shape index (κ1) is 11.7. The molecule has 0 unspecified atom stereocenters. The van der Waals surface area contributed by atoms with E-state index in [0.717, 1.165) is 12.0 Å². The number of rotatable bonds is 4. The molecule has 0 aromatic heterocycles. The standard InChI is InChI=1S/C17H18/c1-3-9-16-12-7-8-13-17(16)14(2)15-10-5-4-6-11-15/h4-8,10-13H,2-3,9H2,1H3. The molecule has 2 rings (SSSR count). The molecule has 0 N–H and O–H groups in total. The average Bonchev–Trinajstić information content (AvgIpc) is 2.40. The minimum atomic E-state index is 1.11. The molecule has 86 valence electrons. The zero-order chi connectivity index (χ0) is 12.1. The van der Waals surface area contributed by atoms with Crippen LogP contribution in [0.3, 0.4) is 0 Å². The Morgan fingerprint density at radius 1 is 0.941 bits per heavy atom. The van der Waals surface area contributed by atoms with Gasteiger partial charge in [-0.15, -0.1) is 0 Å². The summed E-state index contributed by atoms with van der Waals surface area (Å²) in [7, 11) is 0. The van der Waals surface area contributed by atoms with E-state index in [9.17, 15) is 0 Å². The van der Waals surface area contributed by atoms with Gasteiger partial charge in [0.1, 0.15) is 0 Å². The molecule has 0 aliphatic carbocycles. The van der Waals surface area contributed by atoms with Gasteiger partial charge in [0.25, 0.3) is 0 Å². The molecule has 17 heavy (non-hydrogen) atoms. The molecule has 0 heteroatoms. The Labute approximate surface area is 104 Å². The molecular formula is C17H18. The Kier molecular flexibility index (Phi) is 3.77. The molecule has 0 heterocycles. The second-order valence-electron chi connectivity index (χ2n) is 4.25. The van der Waals surface area contributed by atoms with Crippen molar-refractivity contribution >= 4 is 5.57 Å². The highest BCUT2D eigenvalue weighted by Gasteiger charge is 2.06. The number of benzene rings is 2. The summed E-state index contributed by atoms with van der Waals surface area (Å²) in [6.07, 6.45) is 2.28. The van der Waals surface area contributed by atoms with Crippen molar-refractivity contribution in [3.05, 3.63) is 77.9 Å². The monoisotopic (exact) mass is 222 g/mol. The summed E-state index contributed by atoms with van der Waals surface area (Å²) >= 11 is 0. The first-order valence-corrected chi connectivity index (χ1v) is 6.15. The van der Waals surface area contributed by atoms with Crippen LogP contribution in [0.4, 0.5) is 0 Å². The summed E-state index contributed by atoms with van der Waals surface area (Å²) < 4.78 is 0. The van der Waals surface area contributed by atoms with Crippen LogP contribution in [0.25, 0.3) is 5.57 Å². The molecular weight excluding hydrogens is 204 g/mol. The number of hydrogen-bond donors (Lipinski definition) is 0. The van der Waals surface area contributed by atoms with Crippen molar-refractivity contribution in [2.24, 2.45) is 0 Å². The van der Waals surface area contributed by atoms with Gasteiger partial charge in [-0.05, 0) is 28.7 Å². The van der Waals surface area contributed by atoms with E-state index >= 15 is 0 Å². The maximum Gasteiger partial charge on any atom is -0.0152 e. The Balaban J connectivity index is 2.37. The van der Waals surface area contributed by atoms with Crippen LogP contribution >= 0.6 is 0 Å². The first-order chi connectivity index (χ1) is 8.33. The van der Waals surface area contributed by atoms with Crippen molar-refractivity contribution in [3.8, 4) is 0 Å². The van der Waals surface area contributed by atoms with E-state index in [0.29, 0.717) is 0 Å². The van der Waals surface area contributed by atoms with Crippen molar-refractivity contribution in [1.29, 1.82) is 0 Å². The summed E-state index contributed by atoms with van der Waals surface area (Å²) in [5, 5.41) is 0. The Morgan fingerprint density at radius 2 is 1.59 bits per heavy atom. The smallest absolute Gasteiger partial charge is 0.0152 e. The van der Waals surface area contributed by atoms with Gasteiger partial charge < -0.3 is 0 Å². The molecule has 0 aliphatic heterocycles. The van der Waals surface area contributed by atoms with Gasteiger partial charge in [0.15, 0.2) is 0 Å². The minimum Gasteiger partial charge on any atom is -0.0905 e. The molecule has 0 saturated carbocycles. The SMILES string of the molecule is C=C(c1ccccc1)c1ccccc1CCC. The van der Waals surface area contributed by atoms with Gasteiger partial charge in [-0.2, -0.15) is 0 Å². The van der Waals surface area contributed by atoms with Crippen LogP contribution in [0.5, 0.6) is 0 Å². The van der Waals surface area contributed by atoms with Crippen LogP contribution in [0.15, 0.2) is 61.2 Å². The van der Waals surface area contributed by atoms with Gasteiger partial charge in [0.05, 0.1) is 0 Å². The van der Waals surface area contributed by atoms with Crippen LogP contribution in [-0.4, -0.2) is 0 Å². The largest absolute Gasteiger partial charge is 0.0905 e. The van der Waals surface area contributed by atoms with Crippen molar-refractivity contribution in [2.45, 2.75) is 19.8 Å². The summed E-state index contributed by atoms with van der Waals surface area (Å²) in [6, 6.07) is 18.9. The van der Waals surface area contributed by atoms with Crippen LogP contribution in [0, 0.1) is 0 Å². The highest BCUT2D eigenvalue weighted by Crippen LogP contribution is 2.25. The number of aryl methyl sites for hydroxylation is 1. The molecule has 2 aromatic rings. The summed E-state index contributed by atoms with van der Waals surface area (Å²) in [4.78, 5) is 0. The van der Waals surface area contributed by atoms with Crippen molar-refractivity contribution in [1.82, 2.24) is 0 Å². The van der Waals surface area contributed by atoms with E-state index in [4.69, 9.17) is 0 Å². The third-order valence-corrected chi connectivity index (χ3v) is 2.98. The summed E-state index contributed by atoms with van der Waals surface area (Å²) in [5.74, 6) is 0. The Bertz CT molecular complexity index is 494. The fraction of sp³-hybridized carbons (Fsp3) is 0.176. The normalized spacial score (nSPS) is 10.2. The molecule has 0 saturated heterocycles. The third-order valence-electron chi connectivity index (χ3n) is 2.98. The lowest BCUT2D eigenvalue weighted by atomic mass is 9.93. The maximum absolute atomic E-state index is 4.24. The molecule has 0 bridgehead atoms. The Morgan fingerprint density at radius 3 is 2.29 bits per heavy atom. The molecule has 0 radical (unpaired) electrons. The van der Waals surface area contributed by atoms with Gasteiger partial charge in [-0.1, -0.05) is 74.5 Å². The van der Waals surface area contributed by atoms with Crippen LogP contribution in [-0.2, 0) is 6.42 Å². The van der Waals surface area contributed by atoms with Crippen LogP contribution in [0.2, 0.25) is 0 Å². The highest BCUT2D eigenvalue weighted by atomic mass is 14.1. The third kappa shape index (κ3) is 2.65. The second-order valence-corrected chi connectivity index (χ2v) is 4.25. The number of hydrogen-bond acceptors (Lipinski definition) is 0. The predicted molar refractivity (Wildman–Crippen MR) is 75.0 cm³/mol. The molecule has 0 atom stereocenters. The molecule has 0 aliphatic rings. The summed E-state index contributed by atoms with van der Waals surface area (Å²) in [5.41, 5.74) is 5.00. The van der Waals surface area contributed by atoms with Gasteiger partial charge in [0.2, 0.25) is 0 Å². The van der Waals surface area contributed by atoms with E-state index in [1.807, 2.05) is 6.07 Å². The summed E-state index contributed by atoms with van der Waals surface area (Å²) in [6.45, 7) is 6.45.